The summed E-state index contributed by atoms with van der Waals surface area (Å²) in [6.07, 6.45) is 2.35. The summed E-state index contributed by atoms with van der Waals surface area (Å²) in [5.41, 5.74) is 1.70. The number of benzene rings is 1. The molecule has 0 saturated carbocycles. The largest absolute Gasteiger partial charge is 0.394 e. The fourth-order valence-electron chi connectivity index (χ4n) is 3.26. The van der Waals surface area contributed by atoms with Crippen LogP contribution < -0.4 is 0 Å². The highest BCUT2D eigenvalue weighted by molar-refractivity contribution is 5.20. The minimum absolute atomic E-state index is 0.166. The van der Waals surface area contributed by atoms with E-state index in [9.17, 15) is 5.11 Å². The van der Waals surface area contributed by atoms with Crippen molar-refractivity contribution in [1.82, 2.24) is 4.90 Å². The van der Waals surface area contributed by atoms with Gasteiger partial charge in [-0.25, -0.2) is 0 Å². The second kappa shape index (κ2) is 5.00. The molecule has 2 saturated heterocycles. The molecule has 2 aliphatic rings. The van der Waals surface area contributed by atoms with Gasteiger partial charge in [0.15, 0.2) is 0 Å². The topological polar surface area (TPSA) is 32.7 Å². The number of aliphatic hydroxyl groups excluding tert-OH is 1. The number of aliphatic hydroxyl groups is 1. The Morgan fingerprint density at radius 2 is 1.83 bits per heavy atom. The molecule has 2 heterocycles. The highest BCUT2D eigenvalue weighted by Crippen LogP contribution is 2.43. The van der Waals surface area contributed by atoms with Crippen molar-refractivity contribution < 1.29 is 9.84 Å². The Kier molecular flexibility index (Phi) is 3.37. The van der Waals surface area contributed by atoms with Crippen molar-refractivity contribution in [3.8, 4) is 0 Å². The van der Waals surface area contributed by atoms with Crippen LogP contribution in [-0.2, 0) is 4.74 Å². The standard InChI is InChI=1S/C15H21NO2/c17-10-14(13-4-2-1-3-5-13)16-11-15(12-16)6-8-18-9-7-15/h1-5,14,17H,6-12H2/t14-/m0/s1. The van der Waals surface area contributed by atoms with Crippen LogP contribution in [0.5, 0.6) is 0 Å². The van der Waals surface area contributed by atoms with Crippen molar-refractivity contribution in [2.45, 2.75) is 18.9 Å². The van der Waals surface area contributed by atoms with E-state index in [1.54, 1.807) is 0 Å². The summed E-state index contributed by atoms with van der Waals surface area (Å²) >= 11 is 0. The first kappa shape index (κ1) is 12.2. The van der Waals surface area contributed by atoms with Gasteiger partial charge in [0.2, 0.25) is 0 Å². The van der Waals surface area contributed by atoms with E-state index < -0.39 is 0 Å². The third-order valence-corrected chi connectivity index (χ3v) is 4.43. The van der Waals surface area contributed by atoms with Crippen LogP contribution in [-0.4, -0.2) is 42.9 Å². The van der Waals surface area contributed by atoms with Gasteiger partial charge in [-0.3, -0.25) is 4.90 Å². The van der Waals surface area contributed by atoms with E-state index in [0.717, 1.165) is 26.3 Å². The molecule has 98 valence electrons. The van der Waals surface area contributed by atoms with E-state index in [2.05, 4.69) is 17.0 Å². The van der Waals surface area contributed by atoms with E-state index in [1.165, 1.54) is 18.4 Å². The van der Waals surface area contributed by atoms with Crippen molar-refractivity contribution >= 4 is 0 Å². The highest BCUT2D eigenvalue weighted by Gasteiger charge is 2.46. The lowest BCUT2D eigenvalue weighted by atomic mass is 9.72. The fourth-order valence-corrected chi connectivity index (χ4v) is 3.26. The van der Waals surface area contributed by atoms with Gasteiger partial charge in [0.25, 0.3) is 0 Å². The first-order valence-electron chi connectivity index (χ1n) is 6.81. The number of hydrogen-bond donors (Lipinski definition) is 1. The van der Waals surface area contributed by atoms with E-state index >= 15 is 0 Å². The molecule has 0 aliphatic carbocycles. The summed E-state index contributed by atoms with van der Waals surface area (Å²) in [5, 5.41) is 9.64. The monoisotopic (exact) mass is 247 g/mol. The molecular formula is C15H21NO2. The van der Waals surface area contributed by atoms with Crippen LogP contribution >= 0.6 is 0 Å². The maximum Gasteiger partial charge on any atom is 0.0628 e. The van der Waals surface area contributed by atoms with E-state index in [4.69, 9.17) is 4.74 Å². The summed E-state index contributed by atoms with van der Waals surface area (Å²) in [6, 6.07) is 10.5. The SMILES string of the molecule is OC[C@@H](c1ccccc1)N1CC2(CCOCC2)C1. The minimum Gasteiger partial charge on any atom is -0.394 e. The molecule has 0 bridgehead atoms. The normalized spacial score (nSPS) is 24.7. The Morgan fingerprint density at radius 1 is 1.17 bits per heavy atom. The molecule has 3 rings (SSSR count). The molecule has 0 unspecified atom stereocenters. The molecule has 1 N–H and O–H groups in total. The van der Waals surface area contributed by atoms with Gasteiger partial charge >= 0.3 is 0 Å². The molecule has 1 spiro atoms. The Balaban J connectivity index is 1.65. The zero-order valence-corrected chi connectivity index (χ0v) is 10.7. The average Bonchev–Trinajstić information content (AvgIpc) is 2.40. The Hall–Kier alpha value is -0.900. The average molecular weight is 247 g/mol. The minimum atomic E-state index is 0.166. The Morgan fingerprint density at radius 3 is 2.44 bits per heavy atom. The van der Waals surface area contributed by atoms with Gasteiger partial charge in [0, 0.05) is 31.7 Å². The first-order valence-corrected chi connectivity index (χ1v) is 6.81. The molecule has 2 aliphatic heterocycles. The van der Waals surface area contributed by atoms with Crippen LogP contribution in [0.25, 0.3) is 0 Å². The van der Waals surface area contributed by atoms with Crippen molar-refractivity contribution in [1.29, 1.82) is 0 Å². The number of hydrogen-bond acceptors (Lipinski definition) is 3. The van der Waals surface area contributed by atoms with Gasteiger partial charge in [-0.2, -0.15) is 0 Å². The molecule has 1 atom stereocenters. The molecule has 0 amide bonds. The smallest absolute Gasteiger partial charge is 0.0628 e. The summed E-state index contributed by atoms with van der Waals surface area (Å²) in [6.45, 7) is 4.23. The third kappa shape index (κ3) is 2.18. The van der Waals surface area contributed by atoms with Crippen LogP contribution in [0.2, 0.25) is 0 Å². The third-order valence-electron chi connectivity index (χ3n) is 4.43. The van der Waals surface area contributed by atoms with Crippen LogP contribution in [0, 0.1) is 5.41 Å². The van der Waals surface area contributed by atoms with Crippen LogP contribution in [0.4, 0.5) is 0 Å². The molecule has 3 heteroatoms. The molecule has 0 aromatic heterocycles. The molecular weight excluding hydrogens is 226 g/mol. The summed E-state index contributed by atoms with van der Waals surface area (Å²) in [5.74, 6) is 0. The quantitative estimate of drug-likeness (QED) is 0.884. The van der Waals surface area contributed by atoms with Crippen molar-refractivity contribution in [2.24, 2.45) is 5.41 Å². The summed E-state index contributed by atoms with van der Waals surface area (Å²) < 4.78 is 5.44. The van der Waals surface area contributed by atoms with Gasteiger partial charge < -0.3 is 9.84 Å². The van der Waals surface area contributed by atoms with Gasteiger partial charge in [-0.15, -0.1) is 0 Å². The number of ether oxygens (including phenoxy) is 1. The van der Waals surface area contributed by atoms with Gasteiger partial charge in [-0.1, -0.05) is 30.3 Å². The van der Waals surface area contributed by atoms with E-state index in [-0.39, 0.29) is 12.6 Å². The summed E-state index contributed by atoms with van der Waals surface area (Å²) in [7, 11) is 0. The maximum atomic E-state index is 9.64. The molecule has 2 fully saturated rings. The van der Waals surface area contributed by atoms with Gasteiger partial charge in [0.1, 0.15) is 0 Å². The molecule has 3 nitrogen and oxygen atoms in total. The van der Waals surface area contributed by atoms with Crippen molar-refractivity contribution in [2.75, 3.05) is 32.9 Å². The lowest BCUT2D eigenvalue weighted by Crippen LogP contribution is -2.59. The number of likely N-dealkylation sites (tertiary alicyclic amines) is 1. The zero-order chi connectivity index (χ0) is 12.4. The fraction of sp³-hybridized carbons (Fsp3) is 0.600. The Labute approximate surface area is 108 Å². The van der Waals surface area contributed by atoms with Crippen LogP contribution in [0.15, 0.2) is 30.3 Å². The lowest BCUT2D eigenvalue weighted by Gasteiger charge is -2.54. The maximum absolute atomic E-state index is 9.64. The lowest BCUT2D eigenvalue weighted by molar-refractivity contribution is -0.105. The predicted octanol–water partition coefficient (Wildman–Crippen LogP) is 1.83. The van der Waals surface area contributed by atoms with Crippen molar-refractivity contribution in [3.63, 3.8) is 0 Å². The molecule has 0 radical (unpaired) electrons. The highest BCUT2D eigenvalue weighted by atomic mass is 16.5. The molecule has 1 aromatic rings. The second-order valence-corrected chi connectivity index (χ2v) is 5.63. The van der Waals surface area contributed by atoms with Crippen LogP contribution in [0.1, 0.15) is 24.4 Å². The summed E-state index contributed by atoms with van der Waals surface area (Å²) in [4.78, 5) is 2.40. The Bertz CT molecular complexity index is 379. The van der Waals surface area contributed by atoms with E-state index in [1.807, 2.05) is 18.2 Å². The second-order valence-electron chi connectivity index (χ2n) is 5.63. The molecule has 1 aromatic carbocycles. The van der Waals surface area contributed by atoms with Gasteiger partial charge in [0.05, 0.1) is 12.6 Å². The number of nitrogens with zero attached hydrogens (tertiary/aromatic N) is 1. The molecule has 18 heavy (non-hydrogen) atoms. The van der Waals surface area contributed by atoms with E-state index in [0.29, 0.717) is 5.41 Å². The predicted molar refractivity (Wildman–Crippen MR) is 70.3 cm³/mol. The van der Waals surface area contributed by atoms with Gasteiger partial charge in [-0.05, 0) is 18.4 Å². The first-order chi connectivity index (χ1) is 8.83. The van der Waals surface area contributed by atoms with Crippen LogP contribution in [0.3, 0.4) is 0 Å². The zero-order valence-electron chi connectivity index (χ0n) is 10.7. The van der Waals surface area contributed by atoms with Crippen molar-refractivity contribution in [3.05, 3.63) is 35.9 Å². The number of rotatable bonds is 3.